The zero-order chi connectivity index (χ0) is 21.9. The lowest BCUT2D eigenvalue weighted by atomic mass is 9.93. The summed E-state index contributed by atoms with van der Waals surface area (Å²) in [6.45, 7) is 10.7. The predicted molar refractivity (Wildman–Crippen MR) is 103 cm³/mol. The zero-order valence-corrected chi connectivity index (χ0v) is 19.2. The minimum atomic E-state index is -3.50. The van der Waals surface area contributed by atoms with Gasteiger partial charge in [0.05, 0.1) is 18.8 Å². The maximum absolute atomic E-state index is 12.8. The van der Waals surface area contributed by atoms with Crippen LogP contribution in [0, 0.1) is 5.92 Å². The molecule has 0 unspecified atom stereocenters. The molecule has 1 rings (SSSR count). The molecule has 0 spiro atoms. The summed E-state index contributed by atoms with van der Waals surface area (Å²) in [4.78, 5) is 27.0. The largest absolute Gasteiger partial charge is 0.444 e. The Labute approximate surface area is 167 Å². The number of Topliss-reactive ketones (excluding diaryl/α,β-unsaturated/α-hetero) is 1. The zero-order valence-electron chi connectivity index (χ0n) is 18.3. The van der Waals surface area contributed by atoms with E-state index in [-0.39, 0.29) is 18.6 Å². The molecule has 164 valence electrons. The van der Waals surface area contributed by atoms with Crippen LogP contribution >= 0.6 is 7.60 Å². The van der Waals surface area contributed by atoms with Crippen molar-refractivity contribution in [3.05, 3.63) is 0 Å². The first kappa shape index (κ1) is 25.0. The van der Waals surface area contributed by atoms with E-state index >= 15 is 0 Å². The van der Waals surface area contributed by atoms with Crippen molar-refractivity contribution in [3.63, 3.8) is 0 Å². The molecule has 0 N–H and O–H groups in total. The molecule has 0 aromatic heterocycles. The fraction of sp³-hybridized carbons (Fsp3) is 0.889. The summed E-state index contributed by atoms with van der Waals surface area (Å²) in [7, 11) is 0.415. The molecule has 10 heteroatoms. The molecule has 1 aliphatic rings. The summed E-state index contributed by atoms with van der Waals surface area (Å²) in [5.41, 5.74) is -1.62. The van der Waals surface area contributed by atoms with Crippen molar-refractivity contribution in [2.45, 2.75) is 65.0 Å². The van der Waals surface area contributed by atoms with Gasteiger partial charge in [-0.15, -0.1) is 0 Å². The van der Waals surface area contributed by atoms with Gasteiger partial charge in [0.2, 0.25) is 0 Å². The second-order valence-electron chi connectivity index (χ2n) is 8.26. The Morgan fingerprint density at radius 1 is 1.21 bits per heavy atom. The SMILES string of the molecule is CO[C@@H]([C@@H](C)C(=O)CP(=O)(OC)OC)[C@@H]1COC(C)(C)N1C(=O)OC(C)(C)C. The van der Waals surface area contributed by atoms with E-state index in [1.54, 1.807) is 41.5 Å². The van der Waals surface area contributed by atoms with Crippen molar-refractivity contribution >= 4 is 19.5 Å². The number of amides is 1. The van der Waals surface area contributed by atoms with E-state index in [0.29, 0.717) is 0 Å². The number of ketones is 1. The summed E-state index contributed by atoms with van der Waals surface area (Å²) in [6.07, 6.45) is -1.63. The highest BCUT2D eigenvalue weighted by molar-refractivity contribution is 7.54. The third-order valence-electron chi connectivity index (χ3n) is 4.67. The third kappa shape index (κ3) is 6.00. The van der Waals surface area contributed by atoms with Gasteiger partial charge in [-0.25, -0.2) is 4.79 Å². The van der Waals surface area contributed by atoms with E-state index in [1.807, 2.05) is 0 Å². The lowest BCUT2D eigenvalue weighted by Gasteiger charge is -2.38. The van der Waals surface area contributed by atoms with E-state index in [9.17, 15) is 14.2 Å². The van der Waals surface area contributed by atoms with E-state index in [1.165, 1.54) is 26.2 Å². The monoisotopic (exact) mass is 423 g/mol. The van der Waals surface area contributed by atoms with E-state index in [0.717, 1.165) is 0 Å². The topological polar surface area (TPSA) is 101 Å². The summed E-state index contributed by atoms with van der Waals surface area (Å²) in [5.74, 6) is -1.04. The van der Waals surface area contributed by atoms with Gasteiger partial charge >= 0.3 is 13.7 Å². The molecule has 1 fully saturated rings. The van der Waals surface area contributed by atoms with Crippen molar-refractivity contribution in [2.24, 2.45) is 5.92 Å². The summed E-state index contributed by atoms with van der Waals surface area (Å²) < 4.78 is 38.9. The van der Waals surface area contributed by atoms with Gasteiger partial charge in [0.1, 0.15) is 23.3 Å². The minimum Gasteiger partial charge on any atom is -0.444 e. The average molecular weight is 423 g/mol. The lowest BCUT2D eigenvalue weighted by molar-refractivity contribution is -0.127. The highest BCUT2D eigenvalue weighted by Crippen LogP contribution is 2.47. The van der Waals surface area contributed by atoms with Crippen molar-refractivity contribution in [3.8, 4) is 0 Å². The smallest absolute Gasteiger partial charge is 0.412 e. The van der Waals surface area contributed by atoms with E-state index in [4.69, 9.17) is 23.3 Å². The molecule has 1 aliphatic heterocycles. The molecule has 0 aromatic carbocycles. The molecule has 1 amide bonds. The number of carbonyl (C=O) groups excluding carboxylic acids is 2. The van der Waals surface area contributed by atoms with E-state index < -0.39 is 43.1 Å². The van der Waals surface area contributed by atoms with Crippen LogP contribution in [0.15, 0.2) is 0 Å². The first-order chi connectivity index (χ1) is 12.7. The van der Waals surface area contributed by atoms with Gasteiger partial charge in [-0.1, -0.05) is 6.92 Å². The molecular weight excluding hydrogens is 389 g/mol. The van der Waals surface area contributed by atoms with Crippen LogP contribution in [0.5, 0.6) is 0 Å². The van der Waals surface area contributed by atoms with E-state index in [2.05, 4.69) is 0 Å². The number of methoxy groups -OCH3 is 1. The highest BCUT2D eigenvalue weighted by atomic mass is 31.2. The van der Waals surface area contributed by atoms with Crippen LogP contribution in [-0.4, -0.2) is 74.3 Å². The van der Waals surface area contributed by atoms with Gasteiger partial charge in [-0.2, -0.15) is 0 Å². The van der Waals surface area contributed by atoms with Crippen LogP contribution in [-0.2, 0) is 32.6 Å². The average Bonchev–Trinajstić information content (AvgIpc) is 2.88. The molecule has 28 heavy (non-hydrogen) atoms. The Balaban J connectivity index is 3.09. The first-order valence-corrected chi connectivity index (χ1v) is 10.9. The molecule has 1 saturated heterocycles. The Hall–Kier alpha value is -0.990. The number of nitrogens with zero attached hydrogens (tertiary/aromatic N) is 1. The van der Waals surface area contributed by atoms with Gasteiger partial charge in [0.15, 0.2) is 0 Å². The Kier molecular flexibility index (Phi) is 8.25. The molecule has 1 heterocycles. The lowest BCUT2D eigenvalue weighted by Crippen LogP contribution is -2.55. The molecule has 0 bridgehead atoms. The minimum absolute atomic E-state index is 0.175. The van der Waals surface area contributed by atoms with Gasteiger partial charge in [-0.3, -0.25) is 14.3 Å². The van der Waals surface area contributed by atoms with Crippen LogP contribution in [0.4, 0.5) is 4.79 Å². The van der Waals surface area contributed by atoms with Gasteiger partial charge < -0.3 is 23.3 Å². The predicted octanol–water partition coefficient (Wildman–Crippen LogP) is 3.06. The van der Waals surface area contributed by atoms with Crippen LogP contribution in [0.3, 0.4) is 0 Å². The maximum atomic E-state index is 12.8. The van der Waals surface area contributed by atoms with Gasteiger partial charge in [0.25, 0.3) is 0 Å². The molecule has 0 saturated carbocycles. The molecule has 3 atom stereocenters. The fourth-order valence-corrected chi connectivity index (χ4v) is 4.23. The quantitative estimate of drug-likeness (QED) is 0.549. The van der Waals surface area contributed by atoms with Crippen LogP contribution in [0.25, 0.3) is 0 Å². The number of ether oxygens (including phenoxy) is 3. The second-order valence-corrected chi connectivity index (χ2v) is 10.5. The van der Waals surface area contributed by atoms with Crippen LogP contribution < -0.4 is 0 Å². The normalized spacial score (nSPS) is 22.0. The van der Waals surface area contributed by atoms with Crippen molar-refractivity contribution in [2.75, 3.05) is 34.1 Å². The molecule has 0 aromatic rings. The fourth-order valence-electron chi connectivity index (χ4n) is 3.16. The number of carbonyl (C=O) groups is 2. The van der Waals surface area contributed by atoms with Crippen LogP contribution in [0.2, 0.25) is 0 Å². The first-order valence-electron chi connectivity index (χ1n) is 9.13. The Morgan fingerprint density at radius 3 is 2.18 bits per heavy atom. The standard InChI is InChI=1S/C18H34NO8P/c1-12(14(20)11-28(22,24-8)25-9)15(23-7)13-10-26-18(5,6)19(13)16(21)27-17(2,3)4/h12-13,15H,10-11H2,1-9H3/t12-,13-,15-/m0/s1. The van der Waals surface area contributed by atoms with Crippen molar-refractivity contribution in [1.82, 2.24) is 4.90 Å². The summed E-state index contributed by atoms with van der Waals surface area (Å²) >= 11 is 0. The Bertz CT molecular complexity index is 607. The third-order valence-corrected chi connectivity index (χ3v) is 6.48. The molecule has 9 nitrogen and oxygen atoms in total. The molecular formula is C18H34NO8P. The van der Waals surface area contributed by atoms with Crippen molar-refractivity contribution in [1.29, 1.82) is 0 Å². The molecule has 0 aliphatic carbocycles. The summed E-state index contributed by atoms with van der Waals surface area (Å²) in [6, 6.07) is -0.557. The second kappa shape index (κ2) is 9.22. The van der Waals surface area contributed by atoms with Gasteiger partial charge in [0, 0.05) is 27.2 Å². The maximum Gasteiger partial charge on any atom is 0.412 e. The van der Waals surface area contributed by atoms with Crippen LogP contribution in [0.1, 0.15) is 41.5 Å². The Morgan fingerprint density at radius 2 is 1.75 bits per heavy atom. The molecule has 0 radical (unpaired) electrons. The highest BCUT2D eigenvalue weighted by Gasteiger charge is 2.51. The van der Waals surface area contributed by atoms with Crippen molar-refractivity contribution < 1.29 is 37.4 Å². The number of hydrogen-bond donors (Lipinski definition) is 0. The summed E-state index contributed by atoms with van der Waals surface area (Å²) in [5, 5.41) is 0. The number of rotatable bonds is 8. The number of hydrogen-bond acceptors (Lipinski definition) is 8. The van der Waals surface area contributed by atoms with Gasteiger partial charge in [-0.05, 0) is 34.6 Å².